The molecular formula is C19H27N5O2. The van der Waals surface area contributed by atoms with Crippen molar-refractivity contribution in [3.63, 3.8) is 0 Å². The maximum absolute atomic E-state index is 5.37. The number of aromatic nitrogens is 2. The summed E-state index contributed by atoms with van der Waals surface area (Å²) >= 11 is 0. The lowest BCUT2D eigenvalue weighted by molar-refractivity contribution is 0.311. The fraction of sp³-hybridized carbons (Fsp3) is 0.474. The lowest BCUT2D eigenvalue weighted by Gasteiger charge is -2.32. The molecule has 7 nitrogen and oxygen atoms in total. The third-order valence-corrected chi connectivity index (χ3v) is 4.55. The lowest BCUT2D eigenvalue weighted by atomic mass is 10.2. The van der Waals surface area contributed by atoms with Crippen LogP contribution >= 0.6 is 0 Å². The van der Waals surface area contributed by atoms with Gasteiger partial charge >= 0.3 is 0 Å². The number of piperazine rings is 1. The Labute approximate surface area is 155 Å². The summed E-state index contributed by atoms with van der Waals surface area (Å²) < 4.78 is 10.7. The number of hydrogen-bond acceptors (Lipinski definition) is 7. The summed E-state index contributed by atoms with van der Waals surface area (Å²) in [5, 5.41) is 3.39. The van der Waals surface area contributed by atoms with Gasteiger partial charge in [-0.3, -0.25) is 0 Å². The SMILES string of the molecule is COc1ccc(CNc2cc(C)nc(N3CCN(C)CC3)n2)cc1OC. The fourth-order valence-corrected chi connectivity index (χ4v) is 2.97. The van der Waals surface area contributed by atoms with Gasteiger partial charge in [0.05, 0.1) is 14.2 Å². The number of nitrogens with one attached hydrogen (secondary N) is 1. The van der Waals surface area contributed by atoms with Crippen molar-refractivity contribution in [3.05, 3.63) is 35.5 Å². The summed E-state index contributed by atoms with van der Waals surface area (Å²) in [6, 6.07) is 7.88. The van der Waals surface area contributed by atoms with Gasteiger partial charge in [-0.2, -0.15) is 4.98 Å². The first-order valence-electron chi connectivity index (χ1n) is 8.83. The molecular weight excluding hydrogens is 330 g/mol. The molecule has 2 aromatic rings. The summed E-state index contributed by atoms with van der Waals surface area (Å²) in [4.78, 5) is 13.9. The van der Waals surface area contributed by atoms with Gasteiger partial charge < -0.3 is 24.6 Å². The average Bonchev–Trinajstić information content (AvgIpc) is 2.66. The van der Waals surface area contributed by atoms with Crippen molar-refractivity contribution in [2.24, 2.45) is 0 Å². The van der Waals surface area contributed by atoms with Crippen molar-refractivity contribution in [1.82, 2.24) is 14.9 Å². The molecule has 0 unspecified atom stereocenters. The number of hydrogen-bond donors (Lipinski definition) is 1. The highest BCUT2D eigenvalue weighted by atomic mass is 16.5. The van der Waals surface area contributed by atoms with Crippen LogP contribution in [-0.4, -0.2) is 62.3 Å². The van der Waals surface area contributed by atoms with Crippen molar-refractivity contribution in [3.8, 4) is 11.5 Å². The summed E-state index contributed by atoms with van der Waals surface area (Å²) in [5.41, 5.74) is 2.06. The van der Waals surface area contributed by atoms with E-state index in [4.69, 9.17) is 14.5 Å². The van der Waals surface area contributed by atoms with E-state index in [2.05, 4.69) is 27.1 Å². The van der Waals surface area contributed by atoms with Crippen molar-refractivity contribution in [2.45, 2.75) is 13.5 Å². The highest BCUT2D eigenvalue weighted by molar-refractivity contribution is 5.47. The second kappa shape index (κ2) is 8.23. The van der Waals surface area contributed by atoms with E-state index in [1.54, 1.807) is 14.2 Å². The van der Waals surface area contributed by atoms with Crippen LogP contribution in [0, 0.1) is 6.92 Å². The van der Waals surface area contributed by atoms with E-state index in [1.807, 2.05) is 31.2 Å². The Balaban J connectivity index is 1.70. The minimum absolute atomic E-state index is 0.652. The topological polar surface area (TPSA) is 62.8 Å². The molecule has 0 atom stereocenters. The Morgan fingerprint density at radius 2 is 1.73 bits per heavy atom. The van der Waals surface area contributed by atoms with Crippen LogP contribution in [-0.2, 0) is 6.54 Å². The van der Waals surface area contributed by atoms with E-state index in [1.165, 1.54) is 0 Å². The molecule has 1 aromatic heterocycles. The summed E-state index contributed by atoms with van der Waals surface area (Å²) in [5.74, 6) is 3.09. The van der Waals surface area contributed by atoms with Crippen molar-refractivity contribution in [1.29, 1.82) is 0 Å². The number of nitrogens with zero attached hydrogens (tertiary/aromatic N) is 4. The molecule has 0 saturated carbocycles. The van der Waals surface area contributed by atoms with Crippen LogP contribution in [0.5, 0.6) is 11.5 Å². The molecule has 1 saturated heterocycles. The minimum Gasteiger partial charge on any atom is -0.493 e. The third-order valence-electron chi connectivity index (χ3n) is 4.55. The molecule has 26 heavy (non-hydrogen) atoms. The van der Waals surface area contributed by atoms with Crippen molar-refractivity contribution >= 4 is 11.8 Å². The van der Waals surface area contributed by atoms with Crippen LogP contribution < -0.4 is 19.7 Å². The zero-order chi connectivity index (χ0) is 18.5. The highest BCUT2D eigenvalue weighted by Crippen LogP contribution is 2.27. The van der Waals surface area contributed by atoms with Gasteiger partial charge in [0.1, 0.15) is 5.82 Å². The molecule has 1 aromatic carbocycles. The second-order valence-electron chi connectivity index (χ2n) is 6.53. The molecule has 0 amide bonds. The van der Waals surface area contributed by atoms with Crippen LogP contribution in [0.15, 0.2) is 24.3 Å². The average molecular weight is 357 g/mol. The largest absolute Gasteiger partial charge is 0.493 e. The standard InChI is InChI=1S/C19H27N5O2/c1-14-11-18(22-19(21-14)24-9-7-23(2)8-10-24)20-13-15-5-6-16(25-3)17(12-15)26-4/h5-6,11-12H,7-10,13H2,1-4H3,(H,20,21,22). The van der Waals surface area contributed by atoms with Gasteiger partial charge in [-0.05, 0) is 31.7 Å². The quantitative estimate of drug-likeness (QED) is 0.850. The molecule has 1 aliphatic rings. The maximum atomic E-state index is 5.37. The summed E-state index contributed by atoms with van der Waals surface area (Å²) in [7, 11) is 5.43. The number of benzene rings is 1. The van der Waals surface area contributed by atoms with E-state index in [-0.39, 0.29) is 0 Å². The Bertz CT molecular complexity index is 745. The van der Waals surface area contributed by atoms with Crippen LogP contribution in [0.3, 0.4) is 0 Å². The van der Waals surface area contributed by atoms with E-state index < -0.39 is 0 Å². The number of rotatable bonds is 6. The maximum Gasteiger partial charge on any atom is 0.227 e. The molecule has 2 heterocycles. The molecule has 1 N–H and O–H groups in total. The smallest absolute Gasteiger partial charge is 0.227 e. The molecule has 0 bridgehead atoms. The predicted molar refractivity (Wildman–Crippen MR) is 103 cm³/mol. The van der Waals surface area contributed by atoms with Gasteiger partial charge in [-0.15, -0.1) is 0 Å². The zero-order valence-electron chi connectivity index (χ0n) is 16.0. The Hall–Kier alpha value is -2.54. The van der Waals surface area contributed by atoms with Crippen LogP contribution in [0.2, 0.25) is 0 Å². The first-order valence-corrected chi connectivity index (χ1v) is 8.83. The number of ether oxygens (including phenoxy) is 2. The van der Waals surface area contributed by atoms with E-state index in [0.29, 0.717) is 6.54 Å². The summed E-state index contributed by atoms with van der Waals surface area (Å²) in [6.07, 6.45) is 0. The molecule has 140 valence electrons. The van der Waals surface area contributed by atoms with Crippen LogP contribution in [0.25, 0.3) is 0 Å². The number of likely N-dealkylation sites (N-methyl/N-ethyl adjacent to an activating group) is 1. The van der Waals surface area contributed by atoms with Crippen molar-refractivity contribution < 1.29 is 9.47 Å². The number of anilines is 2. The van der Waals surface area contributed by atoms with Gasteiger partial charge in [-0.1, -0.05) is 6.07 Å². The molecule has 0 aliphatic carbocycles. The number of methoxy groups -OCH3 is 2. The van der Waals surface area contributed by atoms with E-state index in [0.717, 1.165) is 60.7 Å². The lowest BCUT2D eigenvalue weighted by Crippen LogP contribution is -2.45. The van der Waals surface area contributed by atoms with Gasteiger partial charge in [0.25, 0.3) is 0 Å². The van der Waals surface area contributed by atoms with Gasteiger partial charge in [-0.25, -0.2) is 4.98 Å². The third kappa shape index (κ3) is 4.35. The second-order valence-corrected chi connectivity index (χ2v) is 6.53. The van der Waals surface area contributed by atoms with Crippen LogP contribution in [0.4, 0.5) is 11.8 Å². The number of aryl methyl sites for hydroxylation is 1. The molecule has 1 fully saturated rings. The Kier molecular flexibility index (Phi) is 5.78. The van der Waals surface area contributed by atoms with E-state index >= 15 is 0 Å². The summed E-state index contributed by atoms with van der Waals surface area (Å²) in [6.45, 7) is 6.63. The highest BCUT2D eigenvalue weighted by Gasteiger charge is 2.17. The van der Waals surface area contributed by atoms with Crippen molar-refractivity contribution in [2.75, 3.05) is 57.7 Å². The minimum atomic E-state index is 0.652. The normalized spacial score (nSPS) is 15.0. The van der Waals surface area contributed by atoms with Gasteiger partial charge in [0.2, 0.25) is 5.95 Å². The first-order chi connectivity index (χ1) is 12.6. The van der Waals surface area contributed by atoms with E-state index in [9.17, 15) is 0 Å². The Morgan fingerprint density at radius 3 is 2.42 bits per heavy atom. The molecule has 7 heteroatoms. The van der Waals surface area contributed by atoms with Crippen LogP contribution in [0.1, 0.15) is 11.3 Å². The zero-order valence-corrected chi connectivity index (χ0v) is 16.0. The van der Waals surface area contributed by atoms with Gasteiger partial charge in [0, 0.05) is 44.5 Å². The molecule has 3 rings (SSSR count). The Morgan fingerprint density at radius 1 is 1.00 bits per heavy atom. The van der Waals surface area contributed by atoms with Gasteiger partial charge in [0.15, 0.2) is 11.5 Å². The predicted octanol–water partition coefficient (Wildman–Crippen LogP) is 2.17. The molecule has 1 aliphatic heterocycles. The fourth-order valence-electron chi connectivity index (χ4n) is 2.97. The first kappa shape index (κ1) is 18.3. The molecule has 0 radical (unpaired) electrons. The molecule has 0 spiro atoms. The monoisotopic (exact) mass is 357 g/mol.